The number of benzene rings is 1. The average molecular weight is 262 g/mol. The van der Waals surface area contributed by atoms with Gasteiger partial charge >= 0.3 is 0 Å². The molecule has 0 aromatic heterocycles. The number of ketones is 1. The second kappa shape index (κ2) is 6.20. The van der Waals surface area contributed by atoms with Gasteiger partial charge in [-0.15, -0.1) is 0 Å². The molecule has 1 aromatic rings. The Hall–Kier alpha value is -1.35. The van der Waals surface area contributed by atoms with E-state index in [0.717, 1.165) is 42.7 Å². The Bertz CT molecular complexity index is 449. The Morgan fingerprint density at radius 1 is 1.53 bits per heavy atom. The van der Waals surface area contributed by atoms with E-state index >= 15 is 0 Å². The molecule has 3 heteroatoms. The van der Waals surface area contributed by atoms with Gasteiger partial charge in [0.25, 0.3) is 0 Å². The molecule has 3 nitrogen and oxygen atoms in total. The van der Waals surface area contributed by atoms with Crippen LogP contribution in [0.1, 0.15) is 49.0 Å². The summed E-state index contributed by atoms with van der Waals surface area (Å²) in [4.78, 5) is 11.4. The van der Waals surface area contributed by atoms with Gasteiger partial charge in [0, 0.05) is 5.56 Å². The molecular formula is C16H22O3. The number of aryl methyl sites for hydroxylation is 1. The van der Waals surface area contributed by atoms with Gasteiger partial charge in [-0.2, -0.15) is 0 Å². The molecule has 1 fully saturated rings. The Labute approximate surface area is 114 Å². The first-order valence-corrected chi connectivity index (χ1v) is 7.01. The van der Waals surface area contributed by atoms with Crippen molar-refractivity contribution in [2.75, 3.05) is 6.61 Å². The first-order valence-electron chi connectivity index (χ1n) is 7.01. The fraction of sp³-hybridized carbons (Fsp3) is 0.562. The number of rotatable bonds is 7. The summed E-state index contributed by atoms with van der Waals surface area (Å²) in [6, 6.07) is 5.67. The molecule has 1 aliphatic heterocycles. The largest absolute Gasteiger partial charge is 0.488 e. The minimum Gasteiger partial charge on any atom is -0.488 e. The number of carbonyl (C=O) groups is 1. The van der Waals surface area contributed by atoms with Gasteiger partial charge in [0.2, 0.25) is 0 Å². The highest BCUT2D eigenvalue weighted by atomic mass is 16.6. The van der Waals surface area contributed by atoms with E-state index in [1.807, 2.05) is 25.1 Å². The van der Waals surface area contributed by atoms with E-state index in [2.05, 4.69) is 6.92 Å². The SMILES string of the molecule is CCCCC(Oc1ccc(C(C)=O)c(C)c1)C1CO1. The summed E-state index contributed by atoms with van der Waals surface area (Å²) in [6.45, 7) is 6.51. The maximum Gasteiger partial charge on any atom is 0.160 e. The van der Waals surface area contributed by atoms with Crippen LogP contribution in [0.5, 0.6) is 5.75 Å². The van der Waals surface area contributed by atoms with Crippen LogP contribution in [0.25, 0.3) is 0 Å². The molecule has 0 aliphatic carbocycles. The molecule has 0 spiro atoms. The van der Waals surface area contributed by atoms with Crippen LogP contribution in [0.3, 0.4) is 0 Å². The second-order valence-electron chi connectivity index (χ2n) is 5.20. The van der Waals surface area contributed by atoms with Gasteiger partial charge in [-0.3, -0.25) is 4.79 Å². The third-order valence-corrected chi connectivity index (χ3v) is 3.48. The van der Waals surface area contributed by atoms with E-state index in [0.29, 0.717) is 0 Å². The molecule has 19 heavy (non-hydrogen) atoms. The van der Waals surface area contributed by atoms with Gasteiger partial charge in [-0.25, -0.2) is 0 Å². The summed E-state index contributed by atoms with van der Waals surface area (Å²) >= 11 is 0. The molecule has 1 heterocycles. The van der Waals surface area contributed by atoms with E-state index in [4.69, 9.17) is 9.47 Å². The van der Waals surface area contributed by atoms with Gasteiger partial charge in [-0.05, 0) is 50.5 Å². The molecule has 2 rings (SSSR count). The smallest absolute Gasteiger partial charge is 0.160 e. The van der Waals surface area contributed by atoms with Crippen LogP contribution in [0.4, 0.5) is 0 Å². The van der Waals surface area contributed by atoms with E-state index in [1.165, 1.54) is 0 Å². The summed E-state index contributed by atoms with van der Waals surface area (Å²) in [5, 5.41) is 0. The van der Waals surface area contributed by atoms with Gasteiger partial charge in [0.15, 0.2) is 5.78 Å². The van der Waals surface area contributed by atoms with Crippen LogP contribution >= 0.6 is 0 Å². The van der Waals surface area contributed by atoms with Crippen molar-refractivity contribution in [2.24, 2.45) is 0 Å². The molecule has 0 bridgehead atoms. The van der Waals surface area contributed by atoms with Crippen molar-refractivity contribution in [1.82, 2.24) is 0 Å². The number of Topliss-reactive ketones (excluding diaryl/α,β-unsaturated/α-hetero) is 1. The lowest BCUT2D eigenvalue weighted by atomic mass is 10.1. The Balaban J connectivity index is 2.04. The van der Waals surface area contributed by atoms with Crippen LogP contribution in [-0.2, 0) is 4.74 Å². The van der Waals surface area contributed by atoms with Crippen molar-refractivity contribution < 1.29 is 14.3 Å². The molecule has 0 N–H and O–H groups in total. The van der Waals surface area contributed by atoms with Crippen LogP contribution in [0, 0.1) is 6.92 Å². The summed E-state index contributed by atoms with van der Waals surface area (Å²) in [7, 11) is 0. The van der Waals surface area contributed by atoms with Crippen LogP contribution < -0.4 is 4.74 Å². The number of hydrogen-bond acceptors (Lipinski definition) is 3. The summed E-state index contributed by atoms with van der Waals surface area (Å²) < 4.78 is 11.4. The predicted octanol–water partition coefficient (Wildman–Crippen LogP) is 3.53. The minimum atomic E-state index is 0.0945. The van der Waals surface area contributed by atoms with Crippen LogP contribution in [-0.4, -0.2) is 24.6 Å². The van der Waals surface area contributed by atoms with Crippen molar-refractivity contribution in [3.8, 4) is 5.75 Å². The number of unbranched alkanes of at least 4 members (excludes halogenated alkanes) is 1. The lowest BCUT2D eigenvalue weighted by molar-refractivity contribution is 0.101. The Morgan fingerprint density at radius 2 is 2.26 bits per heavy atom. The Kier molecular flexibility index (Phi) is 4.59. The number of carbonyl (C=O) groups excluding carboxylic acids is 1. The summed E-state index contributed by atoms with van der Waals surface area (Å²) in [6.07, 6.45) is 3.72. The number of hydrogen-bond donors (Lipinski definition) is 0. The predicted molar refractivity (Wildman–Crippen MR) is 74.9 cm³/mol. The maximum atomic E-state index is 11.4. The first-order chi connectivity index (χ1) is 9.11. The lowest BCUT2D eigenvalue weighted by Gasteiger charge is -2.17. The van der Waals surface area contributed by atoms with Crippen molar-refractivity contribution in [2.45, 2.75) is 52.2 Å². The maximum absolute atomic E-state index is 11.4. The topological polar surface area (TPSA) is 38.8 Å². The van der Waals surface area contributed by atoms with E-state index in [-0.39, 0.29) is 18.0 Å². The first kappa shape index (κ1) is 14.1. The molecule has 2 atom stereocenters. The zero-order valence-corrected chi connectivity index (χ0v) is 11.9. The highest BCUT2D eigenvalue weighted by Crippen LogP contribution is 2.26. The normalized spacial score (nSPS) is 19.0. The number of epoxide rings is 1. The fourth-order valence-corrected chi connectivity index (χ4v) is 2.28. The molecule has 1 saturated heterocycles. The molecule has 0 amide bonds. The molecule has 0 radical (unpaired) electrons. The zero-order valence-electron chi connectivity index (χ0n) is 11.9. The standard InChI is InChI=1S/C16H22O3/c1-4-5-6-15(16-10-18-16)19-13-7-8-14(12(3)17)11(2)9-13/h7-9,15-16H,4-6,10H2,1-3H3. The fourth-order valence-electron chi connectivity index (χ4n) is 2.28. The lowest BCUT2D eigenvalue weighted by Crippen LogP contribution is -2.23. The summed E-state index contributed by atoms with van der Waals surface area (Å²) in [5.74, 6) is 0.927. The van der Waals surface area contributed by atoms with Crippen molar-refractivity contribution in [3.63, 3.8) is 0 Å². The summed E-state index contributed by atoms with van der Waals surface area (Å²) in [5.41, 5.74) is 1.73. The van der Waals surface area contributed by atoms with Crippen molar-refractivity contribution >= 4 is 5.78 Å². The van der Waals surface area contributed by atoms with Gasteiger partial charge < -0.3 is 9.47 Å². The van der Waals surface area contributed by atoms with E-state index < -0.39 is 0 Å². The Morgan fingerprint density at radius 3 is 2.79 bits per heavy atom. The van der Waals surface area contributed by atoms with Gasteiger partial charge in [0.1, 0.15) is 18.0 Å². The van der Waals surface area contributed by atoms with Crippen molar-refractivity contribution in [3.05, 3.63) is 29.3 Å². The average Bonchev–Trinajstić information content (AvgIpc) is 3.18. The molecule has 104 valence electrons. The quantitative estimate of drug-likeness (QED) is 0.557. The molecule has 1 aromatic carbocycles. The van der Waals surface area contributed by atoms with Gasteiger partial charge in [0.05, 0.1) is 6.61 Å². The van der Waals surface area contributed by atoms with E-state index in [1.54, 1.807) is 6.92 Å². The molecule has 1 aliphatic rings. The zero-order chi connectivity index (χ0) is 13.8. The molecular weight excluding hydrogens is 240 g/mol. The number of ether oxygens (including phenoxy) is 2. The van der Waals surface area contributed by atoms with Crippen LogP contribution in [0.15, 0.2) is 18.2 Å². The van der Waals surface area contributed by atoms with Gasteiger partial charge in [-0.1, -0.05) is 13.3 Å². The molecule has 0 saturated carbocycles. The highest BCUT2D eigenvalue weighted by Gasteiger charge is 2.34. The highest BCUT2D eigenvalue weighted by molar-refractivity contribution is 5.95. The molecule has 2 unspecified atom stereocenters. The second-order valence-corrected chi connectivity index (χ2v) is 5.20. The van der Waals surface area contributed by atoms with Crippen LogP contribution in [0.2, 0.25) is 0 Å². The third kappa shape index (κ3) is 3.80. The van der Waals surface area contributed by atoms with E-state index in [9.17, 15) is 4.79 Å². The minimum absolute atomic E-state index is 0.0945. The monoisotopic (exact) mass is 262 g/mol. The van der Waals surface area contributed by atoms with Crippen molar-refractivity contribution in [1.29, 1.82) is 0 Å². The third-order valence-electron chi connectivity index (χ3n) is 3.48.